The Hall–Kier alpha value is -2.86. The molecule has 0 saturated heterocycles. The molecule has 0 aliphatic heterocycles. The molecule has 0 atom stereocenters. The molecule has 25 heavy (non-hydrogen) atoms. The van der Waals surface area contributed by atoms with E-state index in [9.17, 15) is 13.6 Å². The molecule has 1 heterocycles. The summed E-state index contributed by atoms with van der Waals surface area (Å²) >= 11 is 1.38. The fourth-order valence-corrected chi connectivity index (χ4v) is 2.87. The van der Waals surface area contributed by atoms with Crippen LogP contribution in [0.4, 0.5) is 8.78 Å². The van der Waals surface area contributed by atoms with Crippen LogP contribution in [0.25, 0.3) is 16.6 Å². The molecule has 3 rings (SSSR count). The van der Waals surface area contributed by atoms with Gasteiger partial charge in [-0.25, -0.2) is 18.6 Å². The van der Waals surface area contributed by atoms with Gasteiger partial charge in [-0.05, 0) is 36.4 Å². The minimum Gasteiger partial charge on any atom is -0.456 e. The first-order valence-electron chi connectivity index (χ1n) is 7.41. The zero-order valence-corrected chi connectivity index (χ0v) is 13.8. The van der Waals surface area contributed by atoms with Gasteiger partial charge in [-0.2, -0.15) is 0 Å². The third-order valence-corrected chi connectivity index (χ3v) is 4.25. The van der Waals surface area contributed by atoms with Crippen molar-refractivity contribution in [2.45, 2.75) is 6.61 Å². The maximum absolute atomic E-state index is 13.4. The summed E-state index contributed by atoms with van der Waals surface area (Å²) in [5, 5.41) is 2.49. The summed E-state index contributed by atoms with van der Waals surface area (Å²) in [5.74, 6) is -1.30. The first-order valence-corrected chi connectivity index (χ1v) is 8.29. The molecule has 0 saturated carbocycles. The molecule has 6 heteroatoms. The second-order valence-electron chi connectivity index (χ2n) is 5.11. The van der Waals surface area contributed by atoms with Gasteiger partial charge in [0.2, 0.25) is 0 Å². The number of rotatable bonds is 5. The Kier molecular flexibility index (Phi) is 5.30. The van der Waals surface area contributed by atoms with Crippen molar-refractivity contribution in [1.82, 2.24) is 4.98 Å². The molecule has 3 nitrogen and oxygen atoms in total. The zero-order valence-electron chi connectivity index (χ0n) is 13.0. The van der Waals surface area contributed by atoms with Crippen LogP contribution in [0.1, 0.15) is 11.3 Å². The second kappa shape index (κ2) is 7.81. The van der Waals surface area contributed by atoms with E-state index in [0.29, 0.717) is 16.3 Å². The summed E-state index contributed by atoms with van der Waals surface area (Å²) in [6, 6.07) is 12.1. The first kappa shape index (κ1) is 17.0. The topological polar surface area (TPSA) is 39.2 Å². The molecule has 1 aromatic heterocycles. The van der Waals surface area contributed by atoms with Gasteiger partial charge in [0.1, 0.15) is 23.2 Å². The molecule has 2 aromatic carbocycles. The number of benzene rings is 2. The van der Waals surface area contributed by atoms with Crippen LogP contribution in [0.2, 0.25) is 0 Å². The Labute approximate surface area is 147 Å². The van der Waals surface area contributed by atoms with Gasteiger partial charge >= 0.3 is 5.97 Å². The predicted octanol–water partition coefficient (Wildman–Crippen LogP) is 4.84. The predicted molar refractivity (Wildman–Crippen MR) is 92.7 cm³/mol. The van der Waals surface area contributed by atoms with E-state index < -0.39 is 11.8 Å². The second-order valence-corrected chi connectivity index (χ2v) is 5.97. The average Bonchev–Trinajstić information content (AvgIpc) is 3.09. The van der Waals surface area contributed by atoms with Crippen LogP contribution in [0.15, 0.2) is 60.0 Å². The fraction of sp³-hybridized carbons (Fsp3) is 0.0526. The van der Waals surface area contributed by atoms with Gasteiger partial charge in [-0.15, -0.1) is 11.3 Å². The highest BCUT2D eigenvalue weighted by atomic mass is 32.1. The Balaban J connectivity index is 1.58. The third-order valence-electron chi connectivity index (χ3n) is 3.31. The van der Waals surface area contributed by atoms with Crippen molar-refractivity contribution < 1.29 is 18.3 Å². The molecule has 0 fully saturated rings. The normalized spacial score (nSPS) is 11.0. The maximum atomic E-state index is 13.4. The number of hydrogen-bond donors (Lipinski definition) is 0. The molecule has 0 N–H and O–H groups in total. The molecule has 3 aromatic rings. The van der Waals surface area contributed by atoms with E-state index in [-0.39, 0.29) is 12.4 Å². The monoisotopic (exact) mass is 357 g/mol. The molecule has 0 amide bonds. The van der Waals surface area contributed by atoms with Gasteiger partial charge < -0.3 is 4.74 Å². The van der Waals surface area contributed by atoms with E-state index in [1.54, 1.807) is 35.7 Å². The lowest BCUT2D eigenvalue weighted by molar-refractivity contribution is -0.139. The summed E-state index contributed by atoms with van der Waals surface area (Å²) in [5.41, 5.74) is 1.70. The van der Waals surface area contributed by atoms with Crippen LogP contribution >= 0.6 is 11.3 Å². The summed E-state index contributed by atoms with van der Waals surface area (Å²) in [7, 11) is 0. The minimum atomic E-state index is -0.584. The van der Waals surface area contributed by atoms with Gasteiger partial charge in [0.25, 0.3) is 0 Å². The fourth-order valence-electron chi connectivity index (χ4n) is 2.06. The number of aromatic nitrogens is 1. The summed E-state index contributed by atoms with van der Waals surface area (Å²) in [4.78, 5) is 16.1. The lowest BCUT2D eigenvalue weighted by Crippen LogP contribution is -2.01. The van der Waals surface area contributed by atoms with E-state index in [4.69, 9.17) is 4.74 Å². The number of carbonyl (C=O) groups is 1. The molecular formula is C19H13F2NO2S. The Bertz CT molecular complexity index is 904. The van der Waals surface area contributed by atoms with Crippen LogP contribution < -0.4 is 0 Å². The molecule has 0 radical (unpaired) electrons. The van der Waals surface area contributed by atoms with E-state index in [0.717, 1.165) is 5.56 Å². The first-order chi connectivity index (χ1) is 12.1. The molecule has 0 aliphatic rings. The van der Waals surface area contributed by atoms with Crippen molar-refractivity contribution in [2.75, 3.05) is 0 Å². The van der Waals surface area contributed by atoms with Crippen LogP contribution in [0.5, 0.6) is 0 Å². The number of ether oxygens (including phenoxy) is 1. The molecule has 0 bridgehead atoms. The maximum Gasteiger partial charge on any atom is 0.331 e. The van der Waals surface area contributed by atoms with Gasteiger partial charge in [0, 0.05) is 22.6 Å². The zero-order chi connectivity index (χ0) is 17.6. The molecule has 0 unspecified atom stereocenters. The van der Waals surface area contributed by atoms with Crippen molar-refractivity contribution >= 4 is 23.4 Å². The van der Waals surface area contributed by atoms with Crippen molar-refractivity contribution in [1.29, 1.82) is 0 Å². The van der Waals surface area contributed by atoms with E-state index >= 15 is 0 Å². The van der Waals surface area contributed by atoms with Crippen LogP contribution in [-0.2, 0) is 16.1 Å². The SMILES string of the molecule is O=C(/C=C\c1ccccc1F)OCc1csc(-c2ccc(F)cc2)n1. The molecular weight excluding hydrogens is 344 g/mol. The number of thiazole rings is 1. The lowest BCUT2D eigenvalue weighted by atomic mass is 10.2. The Morgan fingerprint density at radius 2 is 1.88 bits per heavy atom. The van der Waals surface area contributed by atoms with E-state index in [1.165, 1.54) is 41.7 Å². The van der Waals surface area contributed by atoms with E-state index in [1.807, 2.05) is 0 Å². The quantitative estimate of drug-likeness (QED) is 0.484. The Morgan fingerprint density at radius 3 is 2.64 bits per heavy atom. The van der Waals surface area contributed by atoms with Crippen LogP contribution in [-0.4, -0.2) is 11.0 Å². The van der Waals surface area contributed by atoms with Gasteiger partial charge in [0.05, 0.1) is 5.69 Å². The van der Waals surface area contributed by atoms with Crippen molar-refractivity contribution in [3.63, 3.8) is 0 Å². The standard InChI is InChI=1S/C19H13F2NO2S/c20-15-8-5-14(6-9-15)19-22-16(12-25-19)11-24-18(23)10-7-13-3-1-2-4-17(13)21/h1-10,12H,11H2/b10-7-. The van der Waals surface area contributed by atoms with Gasteiger partial charge in [-0.3, -0.25) is 0 Å². The highest BCUT2D eigenvalue weighted by molar-refractivity contribution is 7.13. The van der Waals surface area contributed by atoms with Crippen molar-refractivity contribution in [3.8, 4) is 10.6 Å². The molecule has 0 spiro atoms. The molecule has 0 aliphatic carbocycles. The van der Waals surface area contributed by atoms with Crippen molar-refractivity contribution in [3.05, 3.63) is 82.9 Å². The van der Waals surface area contributed by atoms with Crippen LogP contribution in [0.3, 0.4) is 0 Å². The number of esters is 1. The summed E-state index contributed by atoms with van der Waals surface area (Å²) in [6.45, 7) is 0.0120. The van der Waals surface area contributed by atoms with Crippen molar-refractivity contribution in [2.24, 2.45) is 0 Å². The smallest absolute Gasteiger partial charge is 0.331 e. The number of carbonyl (C=O) groups excluding carboxylic acids is 1. The summed E-state index contributed by atoms with van der Waals surface area (Å²) < 4.78 is 31.5. The van der Waals surface area contributed by atoms with Crippen LogP contribution in [0, 0.1) is 11.6 Å². The lowest BCUT2D eigenvalue weighted by Gasteiger charge is -1.99. The minimum absolute atomic E-state index is 0.0120. The van der Waals surface area contributed by atoms with E-state index in [2.05, 4.69) is 4.98 Å². The highest BCUT2D eigenvalue weighted by Crippen LogP contribution is 2.24. The average molecular weight is 357 g/mol. The number of hydrogen-bond acceptors (Lipinski definition) is 4. The summed E-state index contributed by atoms with van der Waals surface area (Å²) in [6.07, 6.45) is 2.54. The van der Waals surface area contributed by atoms with Gasteiger partial charge in [0.15, 0.2) is 0 Å². The number of halogens is 2. The third kappa shape index (κ3) is 4.58. The molecule has 126 valence electrons. The van der Waals surface area contributed by atoms with Gasteiger partial charge in [-0.1, -0.05) is 18.2 Å². The Morgan fingerprint density at radius 1 is 1.12 bits per heavy atom. The largest absolute Gasteiger partial charge is 0.456 e. The number of nitrogens with zero attached hydrogens (tertiary/aromatic N) is 1. The highest BCUT2D eigenvalue weighted by Gasteiger charge is 2.07.